The normalized spacial score (nSPS) is 31.0. The summed E-state index contributed by atoms with van der Waals surface area (Å²) in [6.45, 7) is 1.18. The molecule has 1 aliphatic carbocycles. The second-order valence-corrected chi connectivity index (χ2v) is 5.42. The van der Waals surface area contributed by atoms with Gasteiger partial charge >= 0.3 is 0 Å². The third kappa shape index (κ3) is 2.53. The molecule has 1 aromatic rings. The van der Waals surface area contributed by atoms with E-state index >= 15 is 0 Å². The van der Waals surface area contributed by atoms with Crippen LogP contribution >= 0.6 is 0 Å². The number of H-pyrrole nitrogens is 1. The van der Waals surface area contributed by atoms with E-state index in [0.29, 0.717) is 13.2 Å². The molecule has 1 saturated heterocycles. The first-order valence-electron chi connectivity index (χ1n) is 6.86. The fraction of sp³-hybridized carbons (Fsp3) is 0.692. The second kappa shape index (κ2) is 5.69. The van der Waals surface area contributed by atoms with Crippen LogP contribution in [0.5, 0.6) is 0 Å². The Kier molecular flexibility index (Phi) is 3.90. The number of ether oxygens (including phenoxy) is 2. The minimum absolute atomic E-state index is 0.0242. The van der Waals surface area contributed by atoms with Crippen molar-refractivity contribution in [1.29, 1.82) is 0 Å². The molecule has 2 fully saturated rings. The number of rotatable bonds is 5. The number of amides is 1. The topological polar surface area (TPSA) is 76.2 Å². The number of aromatic nitrogens is 2. The van der Waals surface area contributed by atoms with E-state index in [9.17, 15) is 13.6 Å². The van der Waals surface area contributed by atoms with E-state index < -0.39 is 12.3 Å². The standard InChI is InChI=1S/C13H17F2N3O3/c1-20-5-7-10(6-2-3-21-11(6)7)16-13(19)9-4-8(12(14)15)17-18-9/h4,6-7,10-12H,2-3,5H2,1H3,(H,16,19)(H,17,18)/t6-,7+,10+,11-/m0/s1. The molecule has 2 heterocycles. The molecule has 2 aliphatic rings. The number of hydrogen-bond acceptors (Lipinski definition) is 4. The predicted molar refractivity (Wildman–Crippen MR) is 68.0 cm³/mol. The van der Waals surface area contributed by atoms with Crippen LogP contribution in [0, 0.1) is 11.8 Å². The third-order valence-corrected chi connectivity index (χ3v) is 4.25. The second-order valence-electron chi connectivity index (χ2n) is 5.42. The summed E-state index contributed by atoms with van der Waals surface area (Å²) < 4.78 is 35.7. The fourth-order valence-electron chi connectivity index (χ4n) is 3.22. The van der Waals surface area contributed by atoms with E-state index in [-0.39, 0.29) is 35.4 Å². The molecule has 1 aromatic heterocycles. The largest absolute Gasteiger partial charge is 0.384 e. The van der Waals surface area contributed by atoms with Crippen molar-refractivity contribution in [2.24, 2.45) is 11.8 Å². The summed E-state index contributed by atoms with van der Waals surface area (Å²) in [6, 6.07) is 1.02. The Morgan fingerprint density at radius 2 is 2.48 bits per heavy atom. The summed E-state index contributed by atoms with van der Waals surface area (Å²) in [4.78, 5) is 12.1. The smallest absolute Gasteiger partial charge is 0.279 e. The van der Waals surface area contributed by atoms with Crippen LogP contribution in [-0.2, 0) is 9.47 Å². The number of methoxy groups -OCH3 is 1. The number of aromatic amines is 1. The van der Waals surface area contributed by atoms with Crippen LogP contribution < -0.4 is 5.32 Å². The number of carbonyl (C=O) groups is 1. The molecule has 4 atom stereocenters. The Morgan fingerprint density at radius 3 is 3.14 bits per heavy atom. The van der Waals surface area contributed by atoms with E-state index in [1.54, 1.807) is 7.11 Å². The molecule has 1 aliphatic heterocycles. The van der Waals surface area contributed by atoms with Gasteiger partial charge in [-0.05, 0) is 12.5 Å². The molecule has 1 saturated carbocycles. The average Bonchev–Trinajstić information content (AvgIpc) is 3.09. The maximum Gasteiger partial charge on any atom is 0.279 e. The molecule has 8 heteroatoms. The van der Waals surface area contributed by atoms with Crippen LogP contribution in [0.3, 0.4) is 0 Å². The molecule has 0 unspecified atom stereocenters. The molecule has 0 radical (unpaired) electrons. The highest BCUT2D eigenvalue weighted by Crippen LogP contribution is 2.43. The van der Waals surface area contributed by atoms with E-state index in [2.05, 4.69) is 15.5 Å². The van der Waals surface area contributed by atoms with Crippen molar-refractivity contribution < 1.29 is 23.0 Å². The van der Waals surface area contributed by atoms with Gasteiger partial charge in [-0.1, -0.05) is 0 Å². The maximum absolute atomic E-state index is 12.5. The number of fused-ring (bicyclic) bond motifs is 1. The van der Waals surface area contributed by atoms with E-state index in [0.717, 1.165) is 12.5 Å². The first kappa shape index (κ1) is 14.4. The molecule has 6 nitrogen and oxygen atoms in total. The predicted octanol–water partition coefficient (Wildman–Crippen LogP) is 1.13. The zero-order valence-electron chi connectivity index (χ0n) is 11.5. The van der Waals surface area contributed by atoms with Crippen molar-refractivity contribution in [3.8, 4) is 0 Å². The summed E-state index contributed by atoms with van der Waals surface area (Å²) in [5, 5.41) is 8.66. The van der Waals surface area contributed by atoms with Crippen LogP contribution in [-0.4, -0.2) is 48.6 Å². The van der Waals surface area contributed by atoms with Crippen molar-refractivity contribution >= 4 is 5.91 Å². The number of nitrogens with zero attached hydrogens (tertiary/aromatic N) is 1. The van der Waals surface area contributed by atoms with Gasteiger partial charge in [0.1, 0.15) is 11.4 Å². The quantitative estimate of drug-likeness (QED) is 0.854. The molecule has 0 bridgehead atoms. The van der Waals surface area contributed by atoms with Gasteiger partial charge in [0.2, 0.25) is 0 Å². The van der Waals surface area contributed by atoms with Gasteiger partial charge < -0.3 is 14.8 Å². The first-order chi connectivity index (χ1) is 10.1. The number of carbonyl (C=O) groups excluding carboxylic acids is 1. The summed E-state index contributed by atoms with van der Waals surface area (Å²) in [5.41, 5.74) is -0.381. The first-order valence-corrected chi connectivity index (χ1v) is 6.86. The number of alkyl halides is 2. The van der Waals surface area contributed by atoms with Gasteiger partial charge in [0.05, 0.1) is 12.7 Å². The summed E-state index contributed by atoms with van der Waals surface area (Å²) >= 11 is 0. The molecule has 3 rings (SSSR count). The third-order valence-electron chi connectivity index (χ3n) is 4.25. The van der Waals surface area contributed by atoms with Crippen molar-refractivity contribution in [2.75, 3.05) is 20.3 Å². The van der Waals surface area contributed by atoms with Crippen LogP contribution in [0.25, 0.3) is 0 Å². The molecular formula is C13H17F2N3O3. The van der Waals surface area contributed by atoms with Gasteiger partial charge in [0.15, 0.2) is 0 Å². The lowest BCUT2D eigenvalue weighted by atomic mass is 9.67. The van der Waals surface area contributed by atoms with Crippen LogP contribution in [0.4, 0.5) is 8.78 Å². The molecule has 1 amide bonds. The SMILES string of the molecule is COC[C@@H]1[C@H](NC(=O)c2cc(C(F)F)[nH]n2)[C@@H]2CCO[C@H]12. The highest BCUT2D eigenvalue weighted by atomic mass is 19.3. The molecule has 2 N–H and O–H groups in total. The van der Waals surface area contributed by atoms with Gasteiger partial charge in [-0.2, -0.15) is 5.10 Å². The number of halogens is 2. The summed E-state index contributed by atoms with van der Waals surface area (Å²) in [7, 11) is 1.60. The van der Waals surface area contributed by atoms with Gasteiger partial charge in [0, 0.05) is 31.6 Å². The van der Waals surface area contributed by atoms with Crippen molar-refractivity contribution in [1.82, 2.24) is 15.5 Å². The van der Waals surface area contributed by atoms with E-state index in [4.69, 9.17) is 9.47 Å². The lowest BCUT2D eigenvalue weighted by Crippen LogP contribution is -2.62. The van der Waals surface area contributed by atoms with Crippen LogP contribution in [0.1, 0.15) is 29.0 Å². The van der Waals surface area contributed by atoms with E-state index in [1.807, 2.05) is 0 Å². The number of nitrogens with one attached hydrogen (secondary N) is 2. The monoisotopic (exact) mass is 301 g/mol. The minimum Gasteiger partial charge on any atom is -0.384 e. The maximum atomic E-state index is 12.5. The lowest BCUT2D eigenvalue weighted by molar-refractivity contribution is -0.0810. The Hall–Kier alpha value is -1.54. The van der Waals surface area contributed by atoms with Gasteiger partial charge in [-0.15, -0.1) is 0 Å². The van der Waals surface area contributed by atoms with Gasteiger partial charge in [-0.3, -0.25) is 9.89 Å². The Labute approximate surface area is 120 Å². The molecule has 0 aromatic carbocycles. The molecule has 0 spiro atoms. The zero-order chi connectivity index (χ0) is 15.0. The van der Waals surface area contributed by atoms with Crippen molar-refractivity contribution in [3.05, 3.63) is 17.5 Å². The Bertz CT molecular complexity index is 523. The molecule has 21 heavy (non-hydrogen) atoms. The lowest BCUT2D eigenvalue weighted by Gasteiger charge is -2.47. The summed E-state index contributed by atoms with van der Waals surface area (Å²) in [6.07, 6.45) is -1.67. The molecular weight excluding hydrogens is 284 g/mol. The van der Waals surface area contributed by atoms with Gasteiger partial charge in [-0.25, -0.2) is 8.78 Å². The number of hydrogen-bond donors (Lipinski definition) is 2. The Balaban J connectivity index is 1.65. The van der Waals surface area contributed by atoms with Crippen LogP contribution in [0.15, 0.2) is 6.07 Å². The Morgan fingerprint density at radius 1 is 1.67 bits per heavy atom. The fourth-order valence-corrected chi connectivity index (χ4v) is 3.22. The highest BCUT2D eigenvalue weighted by molar-refractivity contribution is 5.92. The summed E-state index contributed by atoms with van der Waals surface area (Å²) in [5.74, 6) is -0.0859. The highest BCUT2D eigenvalue weighted by Gasteiger charge is 2.54. The van der Waals surface area contributed by atoms with Crippen molar-refractivity contribution in [2.45, 2.75) is 25.0 Å². The minimum atomic E-state index is -2.67. The zero-order valence-corrected chi connectivity index (χ0v) is 11.5. The van der Waals surface area contributed by atoms with Crippen molar-refractivity contribution in [3.63, 3.8) is 0 Å². The van der Waals surface area contributed by atoms with Gasteiger partial charge in [0.25, 0.3) is 12.3 Å². The molecule has 116 valence electrons. The van der Waals surface area contributed by atoms with Crippen LogP contribution in [0.2, 0.25) is 0 Å². The average molecular weight is 301 g/mol. The van der Waals surface area contributed by atoms with E-state index in [1.165, 1.54) is 0 Å².